The van der Waals surface area contributed by atoms with Gasteiger partial charge < -0.3 is 19.7 Å². The molecule has 0 saturated heterocycles. The summed E-state index contributed by atoms with van der Waals surface area (Å²) < 4.78 is 11.2. The van der Waals surface area contributed by atoms with E-state index in [2.05, 4.69) is 22.4 Å². The quantitative estimate of drug-likeness (QED) is 0.689. The summed E-state index contributed by atoms with van der Waals surface area (Å²) >= 11 is 0. The molecule has 3 aromatic rings. The summed E-state index contributed by atoms with van der Waals surface area (Å²) in [7, 11) is 0. The molecule has 6 heteroatoms. The molecule has 148 valence electrons. The highest BCUT2D eigenvalue weighted by atomic mass is 16.6. The van der Waals surface area contributed by atoms with Gasteiger partial charge in [0.25, 0.3) is 0 Å². The van der Waals surface area contributed by atoms with Crippen LogP contribution in [0.4, 0.5) is 10.5 Å². The molecule has 2 aromatic carbocycles. The summed E-state index contributed by atoms with van der Waals surface area (Å²) in [6.45, 7) is 2.12. The molecule has 0 radical (unpaired) electrons. The molecule has 2 heterocycles. The zero-order valence-corrected chi connectivity index (χ0v) is 16.1. The van der Waals surface area contributed by atoms with Gasteiger partial charge in [-0.15, -0.1) is 0 Å². The van der Waals surface area contributed by atoms with Gasteiger partial charge in [0, 0.05) is 37.2 Å². The molecule has 1 aromatic heterocycles. The van der Waals surface area contributed by atoms with Crippen molar-refractivity contribution in [3.8, 4) is 11.5 Å². The first-order valence-electron chi connectivity index (χ1n) is 9.66. The first kappa shape index (κ1) is 18.8. The molecule has 0 aliphatic carbocycles. The molecule has 0 spiro atoms. The number of nitrogens with one attached hydrogen (secondary N) is 1. The second kappa shape index (κ2) is 9.10. The predicted molar refractivity (Wildman–Crippen MR) is 111 cm³/mol. The average molecular weight is 389 g/mol. The Balaban J connectivity index is 1.47. The molecule has 1 aliphatic rings. The minimum Gasteiger partial charge on any atom is -0.486 e. The van der Waals surface area contributed by atoms with E-state index < -0.39 is 0 Å². The number of carbonyl (C=O) groups excluding carboxylic acids is 1. The van der Waals surface area contributed by atoms with E-state index in [4.69, 9.17) is 9.47 Å². The number of aromatic nitrogens is 1. The Labute approximate surface area is 170 Å². The van der Waals surface area contributed by atoms with Crippen molar-refractivity contribution in [3.63, 3.8) is 0 Å². The highest BCUT2D eigenvalue weighted by molar-refractivity contribution is 5.89. The van der Waals surface area contributed by atoms with Crippen LogP contribution in [0, 0.1) is 0 Å². The van der Waals surface area contributed by atoms with E-state index in [0.717, 1.165) is 12.0 Å². The number of nitrogens with zero attached hydrogens (tertiary/aromatic N) is 2. The lowest BCUT2D eigenvalue weighted by Gasteiger charge is -2.24. The zero-order valence-electron chi connectivity index (χ0n) is 16.1. The van der Waals surface area contributed by atoms with Gasteiger partial charge in [0.15, 0.2) is 11.5 Å². The monoisotopic (exact) mass is 389 g/mol. The minimum atomic E-state index is -0.165. The molecule has 1 N–H and O–H groups in total. The fraction of sp³-hybridized carbons (Fsp3) is 0.217. The van der Waals surface area contributed by atoms with Crippen molar-refractivity contribution in [2.24, 2.45) is 0 Å². The minimum absolute atomic E-state index is 0.165. The van der Waals surface area contributed by atoms with Gasteiger partial charge in [-0.1, -0.05) is 36.4 Å². The van der Waals surface area contributed by atoms with Gasteiger partial charge in [0.1, 0.15) is 13.2 Å². The van der Waals surface area contributed by atoms with Crippen molar-refractivity contribution in [3.05, 3.63) is 84.2 Å². The topological polar surface area (TPSA) is 63.7 Å². The molecule has 4 rings (SSSR count). The number of pyridine rings is 1. The van der Waals surface area contributed by atoms with Crippen LogP contribution < -0.4 is 14.8 Å². The van der Waals surface area contributed by atoms with E-state index >= 15 is 0 Å². The lowest BCUT2D eigenvalue weighted by Crippen LogP contribution is -2.36. The van der Waals surface area contributed by atoms with Gasteiger partial charge in [-0.2, -0.15) is 0 Å². The van der Waals surface area contributed by atoms with E-state index in [9.17, 15) is 4.79 Å². The Hall–Kier alpha value is -3.54. The van der Waals surface area contributed by atoms with E-state index in [0.29, 0.717) is 43.5 Å². The zero-order chi connectivity index (χ0) is 19.9. The van der Waals surface area contributed by atoms with Gasteiger partial charge in [-0.3, -0.25) is 4.98 Å². The second-order valence-electron chi connectivity index (χ2n) is 6.81. The van der Waals surface area contributed by atoms with Gasteiger partial charge in [-0.25, -0.2) is 4.79 Å². The van der Waals surface area contributed by atoms with Gasteiger partial charge in [-0.05, 0) is 35.7 Å². The standard InChI is InChI=1S/C23H23N3O3/c27-23(25-20-8-9-21-22(15-20)29-14-13-28-21)26(17-19-7-4-11-24-16-19)12-10-18-5-2-1-3-6-18/h1-9,11,15-16H,10,12-14,17H2,(H,25,27). The van der Waals surface area contributed by atoms with E-state index in [-0.39, 0.29) is 6.03 Å². The molecule has 1 aliphatic heterocycles. The van der Waals surface area contributed by atoms with Crippen molar-refractivity contribution in [2.45, 2.75) is 13.0 Å². The molecular formula is C23H23N3O3. The molecule has 0 unspecified atom stereocenters. The fourth-order valence-electron chi connectivity index (χ4n) is 3.20. The summed E-state index contributed by atoms with van der Waals surface area (Å²) in [4.78, 5) is 19.0. The Morgan fingerprint density at radius 1 is 0.966 bits per heavy atom. The van der Waals surface area contributed by atoms with Crippen LogP contribution >= 0.6 is 0 Å². The van der Waals surface area contributed by atoms with Crippen LogP contribution in [0.15, 0.2) is 73.1 Å². The van der Waals surface area contributed by atoms with Crippen LogP contribution in [-0.2, 0) is 13.0 Å². The van der Waals surface area contributed by atoms with Crippen molar-refractivity contribution < 1.29 is 14.3 Å². The average Bonchev–Trinajstić information content (AvgIpc) is 2.78. The Bertz CT molecular complexity index is 948. The number of ether oxygens (including phenoxy) is 2. The largest absolute Gasteiger partial charge is 0.486 e. The Kier molecular flexibility index (Phi) is 5.90. The normalized spacial score (nSPS) is 12.3. The van der Waals surface area contributed by atoms with Gasteiger partial charge >= 0.3 is 6.03 Å². The summed E-state index contributed by atoms with van der Waals surface area (Å²) in [5.41, 5.74) is 2.85. The van der Waals surface area contributed by atoms with Crippen LogP contribution in [0.5, 0.6) is 11.5 Å². The van der Waals surface area contributed by atoms with Gasteiger partial charge in [0.05, 0.1) is 0 Å². The number of urea groups is 1. The van der Waals surface area contributed by atoms with Crippen LogP contribution in [0.2, 0.25) is 0 Å². The highest BCUT2D eigenvalue weighted by Crippen LogP contribution is 2.32. The van der Waals surface area contributed by atoms with Crippen LogP contribution in [0.1, 0.15) is 11.1 Å². The van der Waals surface area contributed by atoms with Crippen molar-refractivity contribution in [1.82, 2.24) is 9.88 Å². The van der Waals surface area contributed by atoms with Gasteiger partial charge in [0.2, 0.25) is 0 Å². The van der Waals surface area contributed by atoms with Crippen molar-refractivity contribution in [1.29, 1.82) is 0 Å². The summed E-state index contributed by atoms with van der Waals surface area (Å²) in [5, 5.41) is 2.98. The molecule has 6 nitrogen and oxygen atoms in total. The Morgan fingerprint density at radius 2 is 1.76 bits per heavy atom. The third kappa shape index (κ3) is 5.04. The lowest BCUT2D eigenvalue weighted by atomic mass is 10.1. The molecule has 0 fully saturated rings. The number of hydrogen-bond donors (Lipinski definition) is 1. The van der Waals surface area contributed by atoms with Crippen LogP contribution in [-0.4, -0.2) is 35.7 Å². The fourth-order valence-corrected chi connectivity index (χ4v) is 3.20. The van der Waals surface area contributed by atoms with Crippen LogP contribution in [0.25, 0.3) is 0 Å². The molecule has 29 heavy (non-hydrogen) atoms. The SMILES string of the molecule is O=C(Nc1ccc2c(c1)OCCO2)N(CCc1ccccc1)Cc1cccnc1. The van der Waals surface area contributed by atoms with Crippen LogP contribution in [0.3, 0.4) is 0 Å². The molecule has 0 atom stereocenters. The maximum atomic E-state index is 13.0. The third-order valence-electron chi connectivity index (χ3n) is 4.69. The number of rotatable bonds is 6. The number of anilines is 1. The summed E-state index contributed by atoms with van der Waals surface area (Å²) in [6, 6.07) is 19.3. The molecule has 0 bridgehead atoms. The first-order valence-corrected chi connectivity index (χ1v) is 9.66. The number of fused-ring (bicyclic) bond motifs is 1. The van der Waals surface area contributed by atoms with Crippen molar-refractivity contribution in [2.75, 3.05) is 25.1 Å². The first-order chi connectivity index (χ1) is 14.3. The maximum Gasteiger partial charge on any atom is 0.322 e. The highest BCUT2D eigenvalue weighted by Gasteiger charge is 2.17. The smallest absolute Gasteiger partial charge is 0.322 e. The number of amides is 2. The lowest BCUT2D eigenvalue weighted by molar-refractivity contribution is 0.171. The number of benzene rings is 2. The van der Waals surface area contributed by atoms with E-state index in [1.54, 1.807) is 23.4 Å². The molecule has 0 saturated carbocycles. The summed E-state index contributed by atoms with van der Waals surface area (Å²) in [6.07, 6.45) is 4.29. The maximum absolute atomic E-state index is 13.0. The molecular weight excluding hydrogens is 366 g/mol. The second-order valence-corrected chi connectivity index (χ2v) is 6.81. The van der Waals surface area contributed by atoms with E-state index in [1.807, 2.05) is 42.5 Å². The third-order valence-corrected chi connectivity index (χ3v) is 4.69. The number of hydrogen-bond acceptors (Lipinski definition) is 4. The van der Waals surface area contributed by atoms with E-state index in [1.165, 1.54) is 5.56 Å². The van der Waals surface area contributed by atoms with Crippen molar-refractivity contribution >= 4 is 11.7 Å². The molecule has 2 amide bonds. The predicted octanol–water partition coefficient (Wildman–Crippen LogP) is 4.13. The Morgan fingerprint density at radius 3 is 2.55 bits per heavy atom. The number of carbonyl (C=O) groups is 1. The summed E-state index contributed by atoms with van der Waals surface area (Å²) in [5.74, 6) is 1.35.